The smallest absolute Gasteiger partial charge is 0.328 e. The molecule has 4 aliphatic rings. The highest BCUT2D eigenvalue weighted by Crippen LogP contribution is 2.60. The van der Waals surface area contributed by atoms with Gasteiger partial charge < -0.3 is 26.2 Å². The molecule has 4 rings (SSSR count). The van der Waals surface area contributed by atoms with Crippen LogP contribution in [0.25, 0.3) is 5.53 Å². The van der Waals surface area contributed by atoms with E-state index in [1.54, 1.807) is 13.8 Å². The number of ketones is 1. The van der Waals surface area contributed by atoms with Crippen LogP contribution in [-0.4, -0.2) is 65.2 Å². The van der Waals surface area contributed by atoms with Gasteiger partial charge in [0, 0.05) is 25.3 Å². The van der Waals surface area contributed by atoms with Crippen LogP contribution in [0, 0.1) is 23.2 Å². The summed E-state index contributed by atoms with van der Waals surface area (Å²) in [5.41, 5.74) is 8.16. The quantitative estimate of drug-likeness (QED) is 0.0936. The summed E-state index contributed by atoms with van der Waals surface area (Å²) in [6.07, 6.45) is 7.85. The van der Waals surface area contributed by atoms with E-state index in [2.05, 4.69) is 20.7 Å². The molecule has 0 heterocycles. The lowest BCUT2D eigenvalue weighted by atomic mass is 9.49. The van der Waals surface area contributed by atoms with Crippen molar-refractivity contribution in [3.63, 3.8) is 0 Å². The van der Waals surface area contributed by atoms with Crippen LogP contribution in [0.3, 0.4) is 0 Å². The van der Waals surface area contributed by atoms with Crippen LogP contribution < -0.4 is 16.0 Å². The van der Waals surface area contributed by atoms with Gasteiger partial charge in [0.2, 0.25) is 23.5 Å². The minimum absolute atomic E-state index is 0.0413. The second-order valence-corrected chi connectivity index (χ2v) is 12.0. The third-order valence-electron chi connectivity index (χ3n) is 8.27. The zero-order valence-electron chi connectivity index (χ0n) is 23.4. The standard InChI is InChI=1S/C28H43N5O6/c1-17(2)39-26(37)24(8-7-22(35)16-31-29)32-25(36)23(6-4-5-9-30-18(3)34)33-27(38)28-13-19-10-20(14-28)12-21(11-19)15-28/h16-17,19-21,23-24H,4-15H2,1-3H3,(H,30,34)(H,32,36)(H,33,38)/t19?,20?,21?,23-,24-,28?/m0/s1. The lowest BCUT2D eigenvalue weighted by Gasteiger charge is -2.55. The maximum Gasteiger partial charge on any atom is 0.328 e. The molecule has 2 atom stereocenters. The van der Waals surface area contributed by atoms with E-state index in [1.165, 1.54) is 26.2 Å². The van der Waals surface area contributed by atoms with E-state index in [-0.39, 0.29) is 24.7 Å². The third kappa shape index (κ3) is 8.71. The Morgan fingerprint density at radius 2 is 1.56 bits per heavy atom. The summed E-state index contributed by atoms with van der Waals surface area (Å²) in [4.78, 5) is 65.7. The molecule has 3 amide bonds. The van der Waals surface area contributed by atoms with Gasteiger partial charge in [-0.2, -0.15) is 4.79 Å². The van der Waals surface area contributed by atoms with E-state index in [0.717, 1.165) is 25.5 Å². The lowest BCUT2D eigenvalue weighted by molar-refractivity contribution is -0.152. The molecule has 0 aromatic heterocycles. The number of hydrogen-bond acceptors (Lipinski definition) is 6. The fourth-order valence-corrected chi connectivity index (χ4v) is 6.96. The summed E-state index contributed by atoms with van der Waals surface area (Å²) in [6.45, 7) is 5.27. The Morgan fingerprint density at radius 3 is 2.10 bits per heavy atom. The van der Waals surface area contributed by atoms with Crippen molar-refractivity contribution in [3.05, 3.63) is 5.53 Å². The SMILES string of the molecule is CC(=O)NCCCC[C@H](NC(=O)C12CC3CC(CC(C3)C1)C2)C(=O)N[C@@H](CCC(=O)C=[N+]=[N-])C(=O)OC(C)C. The first-order valence-electron chi connectivity index (χ1n) is 14.3. The number of nitrogens with one attached hydrogen (secondary N) is 3. The summed E-state index contributed by atoms with van der Waals surface area (Å²) in [6, 6.07) is -1.97. The average Bonchev–Trinajstić information content (AvgIpc) is 2.84. The van der Waals surface area contributed by atoms with Gasteiger partial charge in [-0.15, -0.1) is 0 Å². The summed E-state index contributed by atoms with van der Waals surface area (Å²) in [5.74, 6) is -0.193. The number of esters is 1. The van der Waals surface area contributed by atoms with E-state index in [9.17, 15) is 24.0 Å². The van der Waals surface area contributed by atoms with Gasteiger partial charge in [0.15, 0.2) is 0 Å². The average molecular weight is 546 g/mol. The number of carbonyl (C=O) groups excluding carboxylic acids is 5. The molecule has 39 heavy (non-hydrogen) atoms. The van der Waals surface area contributed by atoms with Gasteiger partial charge >= 0.3 is 12.2 Å². The van der Waals surface area contributed by atoms with Crippen molar-refractivity contribution in [2.24, 2.45) is 23.2 Å². The number of amides is 3. The van der Waals surface area contributed by atoms with Gasteiger partial charge in [0.1, 0.15) is 12.1 Å². The van der Waals surface area contributed by atoms with E-state index >= 15 is 0 Å². The molecular formula is C28H43N5O6. The number of unbranched alkanes of at least 4 members (excludes halogenated alkanes) is 1. The summed E-state index contributed by atoms with van der Waals surface area (Å²) in [7, 11) is 0. The second kappa shape index (κ2) is 13.8. The lowest BCUT2D eigenvalue weighted by Crippen LogP contribution is -2.58. The van der Waals surface area contributed by atoms with Gasteiger partial charge in [-0.05, 0) is 95.8 Å². The minimum atomic E-state index is -1.10. The zero-order valence-corrected chi connectivity index (χ0v) is 23.4. The van der Waals surface area contributed by atoms with Crippen LogP contribution in [0.2, 0.25) is 0 Å². The molecule has 3 N–H and O–H groups in total. The van der Waals surface area contributed by atoms with Crippen LogP contribution in [0.1, 0.15) is 91.4 Å². The van der Waals surface area contributed by atoms with E-state index < -0.39 is 41.3 Å². The van der Waals surface area contributed by atoms with Crippen molar-refractivity contribution >= 4 is 35.7 Å². The molecule has 216 valence electrons. The first-order valence-corrected chi connectivity index (χ1v) is 14.3. The fourth-order valence-electron chi connectivity index (χ4n) is 6.96. The number of carbonyl (C=O) groups is 5. The molecule has 0 radical (unpaired) electrons. The topological polar surface area (TPSA) is 167 Å². The highest BCUT2D eigenvalue weighted by Gasteiger charge is 2.55. The van der Waals surface area contributed by atoms with Crippen LogP contribution in [0.15, 0.2) is 0 Å². The van der Waals surface area contributed by atoms with Crippen molar-refractivity contribution in [2.75, 3.05) is 6.54 Å². The molecule has 11 nitrogen and oxygen atoms in total. The molecule has 0 aromatic rings. The number of hydrogen-bond donors (Lipinski definition) is 3. The molecular weight excluding hydrogens is 502 g/mol. The molecule has 0 saturated heterocycles. The van der Waals surface area contributed by atoms with Gasteiger partial charge in [0.25, 0.3) is 0 Å². The molecule has 11 heteroatoms. The zero-order chi connectivity index (χ0) is 28.6. The van der Waals surface area contributed by atoms with Gasteiger partial charge in [-0.3, -0.25) is 19.2 Å². The van der Waals surface area contributed by atoms with Crippen molar-refractivity contribution < 1.29 is 33.5 Å². The fraction of sp³-hybridized carbons (Fsp3) is 0.786. The van der Waals surface area contributed by atoms with Crippen LogP contribution in [0.5, 0.6) is 0 Å². The second-order valence-electron chi connectivity index (χ2n) is 12.0. The predicted molar refractivity (Wildman–Crippen MR) is 142 cm³/mol. The first-order chi connectivity index (χ1) is 18.5. The molecule has 0 aromatic carbocycles. The molecule has 0 unspecified atom stereocenters. The van der Waals surface area contributed by atoms with E-state index in [4.69, 9.17) is 10.3 Å². The molecule has 0 spiro atoms. The van der Waals surface area contributed by atoms with Crippen LogP contribution in [-0.2, 0) is 28.7 Å². The van der Waals surface area contributed by atoms with Crippen LogP contribution >= 0.6 is 0 Å². The number of ether oxygens (including phenoxy) is 1. The monoisotopic (exact) mass is 545 g/mol. The van der Waals surface area contributed by atoms with E-state index in [0.29, 0.717) is 43.6 Å². The highest BCUT2D eigenvalue weighted by atomic mass is 16.5. The highest BCUT2D eigenvalue weighted by molar-refractivity contribution is 6.25. The van der Waals surface area contributed by atoms with Crippen molar-refractivity contribution in [2.45, 2.75) is 110 Å². The Balaban J connectivity index is 1.70. The molecule has 0 aliphatic heterocycles. The summed E-state index contributed by atoms with van der Waals surface area (Å²) in [5, 5.41) is 8.47. The van der Waals surface area contributed by atoms with Crippen molar-refractivity contribution in [1.29, 1.82) is 0 Å². The normalized spacial score (nSPS) is 26.2. The number of rotatable bonds is 15. The maximum absolute atomic E-state index is 13.7. The maximum atomic E-state index is 13.7. The van der Waals surface area contributed by atoms with Gasteiger partial charge in [-0.25, -0.2) is 4.79 Å². The Bertz CT molecular complexity index is 954. The Hall–Kier alpha value is -3.07. The van der Waals surface area contributed by atoms with Crippen LogP contribution in [0.4, 0.5) is 0 Å². The molecule has 4 aliphatic carbocycles. The Labute approximate surface area is 230 Å². The third-order valence-corrected chi connectivity index (χ3v) is 8.27. The number of Topliss-reactive ketones (excluding diaryl/α,β-unsaturated/α-hetero) is 1. The largest absolute Gasteiger partial charge is 0.461 e. The molecule has 4 saturated carbocycles. The summed E-state index contributed by atoms with van der Waals surface area (Å²) < 4.78 is 5.29. The van der Waals surface area contributed by atoms with Crippen molar-refractivity contribution in [3.8, 4) is 0 Å². The number of nitrogens with zero attached hydrogens (tertiary/aromatic N) is 2. The van der Waals surface area contributed by atoms with Crippen molar-refractivity contribution in [1.82, 2.24) is 16.0 Å². The molecule has 4 fully saturated rings. The van der Waals surface area contributed by atoms with Gasteiger partial charge in [-0.1, -0.05) is 0 Å². The van der Waals surface area contributed by atoms with Gasteiger partial charge in [0.05, 0.1) is 6.10 Å². The first kappa shape index (κ1) is 30.5. The Morgan fingerprint density at radius 1 is 0.949 bits per heavy atom. The van der Waals surface area contributed by atoms with E-state index in [1.807, 2.05) is 0 Å². The minimum Gasteiger partial charge on any atom is -0.461 e. The molecule has 4 bridgehead atoms. The predicted octanol–water partition coefficient (Wildman–Crippen LogP) is 2.08. The summed E-state index contributed by atoms with van der Waals surface area (Å²) >= 11 is 0. The Kier molecular flexibility index (Phi) is 10.8.